The van der Waals surface area contributed by atoms with Gasteiger partial charge in [0.25, 0.3) is 0 Å². The largest absolute Gasteiger partial charge is 0.473 e. The Hall–Kier alpha value is -1.42. The molecule has 5 heteroatoms. The van der Waals surface area contributed by atoms with Crippen LogP contribution in [0.2, 0.25) is 5.02 Å². The number of aryl methyl sites for hydroxylation is 2. The third-order valence-electron chi connectivity index (χ3n) is 4.23. The van der Waals surface area contributed by atoms with Crippen molar-refractivity contribution < 1.29 is 9.53 Å². The number of halogens is 1. The van der Waals surface area contributed by atoms with Crippen molar-refractivity contribution in [2.75, 3.05) is 13.3 Å². The van der Waals surface area contributed by atoms with Crippen LogP contribution in [0.1, 0.15) is 43.7 Å². The van der Waals surface area contributed by atoms with Crippen LogP contribution in [0.4, 0.5) is 4.79 Å². The molecule has 1 heterocycles. The van der Waals surface area contributed by atoms with E-state index in [1.807, 2.05) is 30.9 Å². The molecule has 4 nitrogen and oxygen atoms in total. The van der Waals surface area contributed by atoms with Crippen molar-refractivity contribution in [3.05, 3.63) is 28.3 Å². The molecule has 1 aliphatic rings. The quantitative estimate of drug-likeness (QED) is 0.840. The monoisotopic (exact) mass is 324 g/mol. The zero-order valence-corrected chi connectivity index (χ0v) is 14.4. The third kappa shape index (κ3) is 4.07. The molecule has 0 spiro atoms. The van der Waals surface area contributed by atoms with E-state index in [0.717, 1.165) is 47.7 Å². The highest BCUT2D eigenvalue weighted by molar-refractivity contribution is 6.32. The van der Waals surface area contributed by atoms with Crippen LogP contribution < -0.4 is 10.1 Å². The second-order valence-corrected chi connectivity index (χ2v) is 6.27. The number of nitrogens with zero attached hydrogens (tertiary/aromatic N) is 1. The summed E-state index contributed by atoms with van der Waals surface area (Å²) in [5, 5.41) is 3.61. The number of rotatable bonds is 4. The molecule has 122 valence electrons. The number of piperidine rings is 1. The summed E-state index contributed by atoms with van der Waals surface area (Å²) in [6, 6.07) is 4.09. The van der Waals surface area contributed by atoms with Crippen molar-refractivity contribution in [1.29, 1.82) is 0 Å². The van der Waals surface area contributed by atoms with Gasteiger partial charge in [-0.05, 0) is 62.8 Å². The molecule has 1 N–H and O–H groups in total. The Balaban J connectivity index is 1.86. The molecule has 22 heavy (non-hydrogen) atoms. The molecule has 1 saturated heterocycles. The predicted octanol–water partition coefficient (Wildman–Crippen LogP) is 4.27. The lowest BCUT2D eigenvalue weighted by Gasteiger charge is -2.35. The van der Waals surface area contributed by atoms with Crippen LogP contribution >= 0.6 is 11.6 Å². The van der Waals surface area contributed by atoms with E-state index in [2.05, 4.69) is 12.2 Å². The molecule has 1 aliphatic heterocycles. The lowest BCUT2D eigenvalue weighted by atomic mass is 10.0. The number of urea groups is 1. The Kier molecular flexibility index (Phi) is 5.95. The summed E-state index contributed by atoms with van der Waals surface area (Å²) in [5.41, 5.74) is 1.95. The van der Waals surface area contributed by atoms with Crippen LogP contribution in [-0.2, 0) is 0 Å². The van der Waals surface area contributed by atoms with Crippen molar-refractivity contribution in [3.63, 3.8) is 0 Å². The maximum absolute atomic E-state index is 12.3. The van der Waals surface area contributed by atoms with E-state index in [1.54, 1.807) is 0 Å². The highest BCUT2D eigenvalue weighted by Gasteiger charge is 2.24. The average molecular weight is 325 g/mol. The van der Waals surface area contributed by atoms with Crippen molar-refractivity contribution >= 4 is 17.6 Å². The summed E-state index contributed by atoms with van der Waals surface area (Å²) in [6.07, 6.45) is 4.40. The number of carbonyl (C=O) groups is 1. The topological polar surface area (TPSA) is 41.6 Å². The summed E-state index contributed by atoms with van der Waals surface area (Å²) in [4.78, 5) is 14.2. The molecule has 2 rings (SSSR count). The number of ether oxygens (including phenoxy) is 1. The Morgan fingerprint density at radius 3 is 2.68 bits per heavy atom. The minimum atomic E-state index is -0.0334. The van der Waals surface area contributed by atoms with Crippen LogP contribution in [0.5, 0.6) is 5.75 Å². The first-order valence-electron chi connectivity index (χ1n) is 7.97. The van der Waals surface area contributed by atoms with Crippen LogP contribution in [-0.4, -0.2) is 30.2 Å². The Morgan fingerprint density at radius 2 is 2.05 bits per heavy atom. The number of hydrogen-bond donors (Lipinski definition) is 1. The number of hydrogen-bond acceptors (Lipinski definition) is 2. The minimum Gasteiger partial charge on any atom is -0.473 e. The van der Waals surface area contributed by atoms with Gasteiger partial charge < -0.3 is 15.0 Å². The van der Waals surface area contributed by atoms with Crippen molar-refractivity contribution in [2.45, 2.75) is 52.5 Å². The molecule has 0 bridgehead atoms. The summed E-state index contributed by atoms with van der Waals surface area (Å²) in [7, 11) is 0. The second-order valence-electron chi connectivity index (χ2n) is 5.89. The molecule has 0 radical (unpaired) electrons. The molecule has 0 aromatic heterocycles. The van der Waals surface area contributed by atoms with Gasteiger partial charge in [-0.15, -0.1) is 0 Å². The number of nitrogens with one attached hydrogen (secondary N) is 1. The predicted molar refractivity (Wildman–Crippen MR) is 89.6 cm³/mol. The molecular formula is C17H25ClN2O2. The smallest absolute Gasteiger partial charge is 0.320 e. The summed E-state index contributed by atoms with van der Waals surface area (Å²) >= 11 is 6.14. The summed E-state index contributed by atoms with van der Waals surface area (Å²) < 4.78 is 5.64. The first-order chi connectivity index (χ1) is 10.5. The number of likely N-dealkylation sites (tertiary alicyclic amines) is 1. The minimum absolute atomic E-state index is 0.0334. The molecule has 0 saturated carbocycles. The number of amides is 2. The Labute approximate surface area is 137 Å². The summed E-state index contributed by atoms with van der Waals surface area (Å²) in [5.74, 6) is 0.727. The van der Waals surface area contributed by atoms with Crippen molar-refractivity contribution in [2.24, 2.45) is 0 Å². The van der Waals surface area contributed by atoms with E-state index in [-0.39, 0.29) is 12.8 Å². The fourth-order valence-electron chi connectivity index (χ4n) is 2.96. The molecule has 2 amide bonds. The van der Waals surface area contributed by atoms with Crippen LogP contribution in [0.3, 0.4) is 0 Å². The lowest BCUT2D eigenvalue weighted by molar-refractivity contribution is 0.141. The Morgan fingerprint density at radius 1 is 1.36 bits per heavy atom. The fourth-order valence-corrected chi connectivity index (χ4v) is 3.07. The van der Waals surface area contributed by atoms with Crippen molar-refractivity contribution in [1.82, 2.24) is 10.2 Å². The molecule has 1 unspecified atom stereocenters. The van der Waals surface area contributed by atoms with Gasteiger partial charge in [-0.1, -0.05) is 18.5 Å². The van der Waals surface area contributed by atoms with Gasteiger partial charge in [-0.25, -0.2) is 4.79 Å². The van der Waals surface area contributed by atoms with E-state index < -0.39 is 0 Å². The van der Waals surface area contributed by atoms with E-state index in [1.165, 1.54) is 6.42 Å². The first kappa shape index (κ1) is 16.9. The van der Waals surface area contributed by atoms with Gasteiger partial charge in [0.15, 0.2) is 6.73 Å². The van der Waals surface area contributed by atoms with Gasteiger partial charge in [0.1, 0.15) is 5.75 Å². The van der Waals surface area contributed by atoms with E-state index in [9.17, 15) is 4.79 Å². The molecule has 1 aromatic rings. The number of carbonyl (C=O) groups excluding carboxylic acids is 1. The van der Waals surface area contributed by atoms with Crippen LogP contribution in [0.15, 0.2) is 12.1 Å². The van der Waals surface area contributed by atoms with Gasteiger partial charge in [0, 0.05) is 17.6 Å². The standard InChI is InChI=1S/C17H25ClN2O2/c1-4-14-7-5-6-8-20(14)17(21)19-11-22-15-9-12(2)16(18)13(3)10-15/h9-10,14H,4-8,11H2,1-3H3,(H,19,21). The maximum atomic E-state index is 12.3. The first-order valence-corrected chi connectivity index (χ1v) is 8.34. The normalized spacial score (nSPS) is 18.2. The Bertz CT molecular complexity index is 510. The zero-order chi connectivity index (χ0) is 16.1. The number of benzene rings is 1. The molecule has 1 atom stereocenters. The van der Waals surface area contributed by atoms with E-state index in [0.29, 0.717) is 6.04 Å². The van der Waals surface area contributed by atoms with Gasteiger partial charge in [0.2, 0.25) is 0 Å². The molecule has 1 fully saturated rings. The van der Waals surface area contributed by atoms with Gasteiger partial charge in [-0.3, -0.25) is 0 Å². The fraction of sp³-hybridized carbons (Fsp3) is 0.588. The molecule has 1 aromatic carbocycles. The zero-order valence-electron chi connectivity index (χ0n) is 13.6. The second kappa shape index (κ2) is 7.73. The van der Waals surface area contributed by atoms with Gasteiger partial charge in [-0.2, -0.15) is 0 Å². The SMILES string of the molecule is CCC1CCCCN1C(=O)NCOc1cc(C)c(Cl)c(C)c1. The summed E-state index contributed by atoms with van der Waals surface area (Å²) in [6.45, 7) is 7.03. The van der Waals surface area contributed by atoms with Crippen LogP contribution in [0.25, 0.3) is 0 Å². The highest BCUT2D eigenvalue weighted by atomic mass is 35.5. The van der Waals surface area contributed by atoms with E-state index in [4.69, 9.17) is 16.3 Å². The third-order valence-corrected chi connectivity index (χ3v) is 4.83. The average Bonchev–Trinajstić information content (AvgIpc) is 2.52. The lowest BCUT2D eigenvalue weighted by Crippen LogP contribution is -2.49. The molecular weight excluding hydrogens is 300 g/mol. The maximum Gasteiger partial charge on any atom is 0.320 e. The highest BCUT2D eigenvalue weighted by Crippen LogP contribution is 2.25. The van der Waals surface area contributed by atoms with E-state index >= 15 is 0 Å². The molecule has 0 aliphatic carbocycles. The van der Waals surface area contributed by atoms with Crippen molar-refractivity contribution in [3.8, 4) is 5.75 Å². The van der Waals surface area contributed by atoms with Gasteiger partial charge >= 0.3 is 6.03 Å². The van der Waals surface area contributed by atoms with Crippen LogP contribution in [0, 0.1) is 13.8 Å². The van der Waals surface area contributed by atoms with Gasteiger partial charge in [0.05, 0.1) is 0 Å².